The minimum atomic E-state index is -0.545. The molecule has 0 amide bonds. The fourth-order valence-corrected chi connectivity index (χ4v) is 1.86. The third-order valence-corrected chi connectivity index (χ3v) is 2.70. The maximum Gasteiger partial charge on any atom is 0.135 e. The number of fused-ring (bicyclic) bond motifs is 1. The Labute approximate surface area is 89.5 Å². The normalized spacial score (nSPS) is 13.7. The van der Waals surface area contributed by atoms with Crippen molar-refractivity contribution in [1.29, 1.82) is 0 Å². The van der Waals surface area contributed by atoms with Gasteiger partial charge >= 0.3 is 0 Å². The predicted molar refractivity (Wildman–Crippen MR) is 61.6 cm³/mol. The zero-order chi connectivity index (χ0) is 11.0. The van der Waals surface area contributed by atoms with Gasteiger partial charge in [-0.15, -0.1) is 0 Å². The van der Waals surface area contributed by atoms with Gasteiger partial charge in [-0.05, 0) is 20.2 Å². The molecule has 1 aromatic carbocycles. The van der Waals surface area contributed by atoms with Gasteiger partial charge in [-0.2, -0.15) is 0 Å². The van der Waals surface area contributed by atoms with Gasteiger partial charge < -0.3 is 9.67 Å². The van der Waals surface area contributed by atoms with Gasteiger partial charge in [-0.3, -0.25) is 4.90 Å². The molecule has 1 atom stereocenters. The van der Waals surface area contributed by atoms with Crippen LogP contribution in [0.5, 0.6) is 0 Å². The van der Waals surface area contributed by atoms with E-state index in [1.807, 2.05) is 50.1 Å². The van der Waals surface area contributed by atoms with Gasteiger partial charge in [0.05, 0.1) is 0 Å². The second-order valence-electron chi connectivity index (χ2n) is 4.05. The number of aliphatic hydroxyl groups is 1. The van der Waals surface area contributed by atoms with Gasteiger partial charge in [0.1, 0.15) is 6.23 Å². The van der Waals surface area contributed by atoms with Crippen LogP contribution in [0.3, 0.4) is 0 Å². The second kappa shape index (κ2) is 3.68. The summed E-state index contributed by atoms with van der Waals surface area (Å²) in [6.07, 6.45) is 1.44. The first-order chi connectivity index (χ1) is 7.11. The SMILES string of the molecule is CN(C)C(O)c1cn(C)c2ccccc12. The van der Waals surface area contributed by atoms with Gasteiger partial charge in [0.25, 0.3) is 0 Å². The highest BCUT2D eigenvalue weighted by Crippen LogP contribution is 2.26. The lowest BCUT2D eigenvalue weighted by Gasteiger charge is -2.17. The van der Waals surface area contributed by atoms with E-state index in [2.05, 4.69) is 6.07 Å². The first-order valence-electron chi connectivity index (χ1n) is 4.99. The average molecular weight is 204 g/mol. The molecule has 1 unspecified atom stereocenters. The summed E-state index contributed by atoms with van der Waals surface area (Å²) in [5, 5.41) is 11.1. The minimum absolute atomic E-state index is 0.545. The molecule has 3 heteroatoms. The minimum Gasteiger partial charge on any atom is -0.374 e. The Morgan fingerprint density at radius 1 is 1.27 bits per heavy atom. The summed E-state index contributed by atoms with van der Waals surface area (Å²) in [6.45, 7) is 0. The summed E-state index contributed by atoms with van der Waals surface area (Å²) in [5.74, 6) is 0. The Morgan fingerprint density at radius 3 is 2.60 bits per heavy atom. The van der Waals surface area contributed by atoms with Crippen LogP contribution >= 0.6 is 0 Å². The van der Waals surface area contributed by atoms with E-state index in [1.54, 1.807) is 4.90 Å². The molecule has 1 N–H and O–H groups in total. The van der Waals surface area contributed by atoms with E-state index in [9.17, 15) is 5.11 Å². The number of hydrogen-bond acceptors (Lipinski definition) is 2. The first-order valence-corrected chi connectivity index (χ1v) is 4.99. The van der Waals surface area contributed by atoms with Crippen molar-refractivity contribution in [3.63, 3.8) is 0 Å². The van der Waals surface area contributed by atoms with Crippen molar-refractivity contribution in [1.82, 2.24) is 9.47 Å². The number of benzene rings is 1. The summed E-state index contributed by atoms with van der Waals surface area (Å²) >= 11 is 0. The first kappa shape index (κ1) is 10.2. The molecular weight excluding hydrogens is 188 g/mol. The highest BCUT2D eigenvalue weighted by Gasteiger charge is 2.15. The maximum absolute atomic E-state index is 10.0. The average Bonchev–Trinajstić information content (AvgIpc) is 2.56. The molecule has 0 spiro atoms. The van der Waals surface area contributed by atoms with E-state index < -0.39 is 6.23 Å². The van der Waals surface area contributed by atoms with Crippen LogP contribution in [0.15, 0.2) is 30.5 Å². The van der Waals surface area contributed by atoms with E-state index in [-0.39, 0.29) is 0 Å². The zero-order valence-corrected chi connectivity index (χ0v) is 9.31. The van der Waals surface area contributed by atoms with Crippen LogP contribution in [0.2, 0.25) is 0 Å². The Bertz CT molecular complexity index is 473. The molecule has 2 aromatic rings. The molecule has 80 valence electrons. The van der Waals surface area contributed by atoms with Crippen molar-refractivity contribution in [2.45, 2.75) is 6.23 Å². The molecule has 0 radical (unpaired) electrons. The molecular formula is C12H16N2O. The number of aryl methyl sites for hydroxylation is 1. The van der Waals surface area contributed by atoms with Crippen molar-refractivity contribution < 1.29 is 5.11 Å². The van der Waals surface area contributed by atoms with E-state index in [0.717, 1.165) is 16.5 Å². The van der Waals surface area contributed by atoms with Crippen LogP contribution in [-0.2, 0) is 7.05 Å². The van der Waals surface area contributed by atoms with Crippen molar-refractivity contribution in [3.05, 3.63) is 36.0 Å². The third-order valence-electron chi connectivity index (χ3n) is 2.70. The molecule has 0 aliphatic rings. The van der Waals surface area contributed by atoms with Crippen molar-refractivity contribution >= 4 is 10.9 Å². The molecule has 0 bridgehead atoms. The monoisotopic (exact) mass is 204 g/mol. The molecule has 15 heavy (non-hydrogen) atoms. The molecule has 1 aromatic heterocycles. The highest BCUT2D eigenvalue weighted by atomic mass is 16.3. The molecule has 0 aliphatic carbocycles. The lowest BCUT2D eigenvalue weighted by Crippen LogP contribution is -2.18. The number of rotatable bonds is 2. The lowest BCUT2D eigenvalue weighted by molar-refractivity contribution is 0.0407. The Kier molecular flexibility index (Phi) is 2.50. The Hall–Kier alpha value is -1.32. The van der Waals surface area contributed by atoms with Crippen molar-refractivity contribution in [3.8, 4) is 0 Å². The summed E-state index contributed by atoms with van der Waals surface area (Å²) in [7, 11) is 5.73. The number of hydrogen-bond donors (Lipinski definition) is 1. The Morgan fingerprint density at radius 2 is 1.93 bits per heavy atom. The fraction of sp³-hybridized carbons (Fsp3) is 0.333. The van der Waals surface area contributed by atoms with E-state index in [4.69, 9.17) is 0 Å². The van der Waals surface area contributed by atoms with Crippen LogP contribution in [0.4, 0.5) is 0 Å². The summed E-state index contributed by atoms with van der Waals surface area (Å²) in [4.78, 5) is 1.79. The summed E-state index contributed by atoms with van der Waals surface area (Å²) in [5.41, 5.74) is 2.10. The number of nitrogens with zero attached hydrogens (tertiary/aromatic N) is 2. The molecule has 0 saturated carbocycles. The Balaban J connectivity index is 2.62. The highest BCUT2D eigenvalue weighted by molar-refractivity contribution is 5.84. The molecule has 0 fully saturated rings. The van der Waals surface area contributed by atoms with Crippen LogP contribution < -0.4 is 0 Å². The van der Waals surface area contributed by atoms with Gasteiger partial charge in [-0.1, -0.05) is 18.2 Å². The standard InChI is InChI=1S/C12H16N2O/c1-13(2)12(15)10-8-14(3)11-7-5-4-6-9(10)11/h4-8,12,15H,1-3H3. The third kappa shape index (κ3) is 1.64. The number of para-hydroxylation sites is 1. The predicted octanol–water partition coefficient (Wildman–Crippen LogP) is 1.73. The smallest absolute Gasteiger partial charge is 0.135 e. The van der Waals surface area contributed by atoms with Crippen LogP contribution in [0, 0.1) is 0 Å². The topological polar surface area (TPSA) is 28.4 Å². The molecule has 3 nitrogen and oxygen atoms in total. The quantitative estimate of drug-likeness (QED) is 0.755. The van der Waals surface area contributed by atoms with Crippen molar-refractivity contribution in [2.24, 2.45) is 7.05 Å². The zero-order valence-electron chi connectivity index (χ0n) is 9.31. The largest absolute Gasteiger partial charge is 0.374 e. The van der Waals surface area contributed by atoms with Gasteiger partial charge in [0.2, 0.25) is 0 Å². The molecule has 2 rings (SSSR count). The van der Waals surface area contributed by atoms with Crippen LogP contribution in [0.1, 0.15) is 11.8 Å². The molecule has 0 saturated heterocycles. The van der Waals surface area contributed by atoms with E-state index >= 15 is 0 Å². The van der Waals surface area contributed by atoms with Crippen molar-refractivity contribution in [2.75, 3.05) is 14.1 Å². The van der Waals surface area contributed by atoms with Gasteiger partial charge in [0.15, 0.2) is 0 Å². The summed E-state index contributed by atoms with van der Waals surface area (Å²) in [6, 6.07) is 8.10. The molecule has 1 heterocycles. The fourth-order valence-electron chi connectivity index (χ4n) is 1.86. The van der Waals surface area contributed by atoms with Crippen LogP contribution in [0.25, 0.3) is 10.9 Å². The number of aliphatic hydroxyl groups excluding tert-OH is 1. The lowest BCUT2D eigenvalue weighted by atomic mass is 10.1. The van der Waals surface area contributed by atoms with Crippen LogP contribution in [-0.4, -0.2) is 28.7 Å². The van der Waals surface area contributed by atoms with Gasteiger partial charge in [-0.25, -0.2) is 0 Å². The van der Waals surface area contributed by atoms with E-state index in [0.29, 0.717) is 0 Å². The summed E-state index contributed by atoms with van der Waals surface area (Å²) < 4.78 is 2.04. The number of aromatic nitrogens is 1. The van der Waals surface area contributed by atoms with Gasteiger partial charge in [0, 0.05) is 29.7 Å². The molecule has 0 aliphatic heterocycles. The van der Waals surface area contributed by atoms with E-state index in [1.165, 1.54) is 0 Å². The maximum atomic E-state index is 10.0. The second-order valence-corrected chi connectivity index (χ2v) is 4.05.